The van der Waals surface area contributed by atoms with Crippen molar-refractivity contribution in [3.63, 3.8) is 0 Å². The minimum atomic E-state index is -0.760. The van der Waals surface area contributed by atoms with Crippen molar-refractivity contribution < 1.29 is 14.3 Å². The summed E-state index contributed by atoms with van der Waals surface area (Å²) in [7, 11) is 1.31. The minimum absolute atomic E-state index is 0.116. The summed E-state index contributed by atoms with van der Waals surface area (Å²) in [6, 6.07) is 8.75. The number of rotatable bonds is 7. The fourth-order valence-corrected chi connectivity index (χ4v) is 3.20. The Morgan fingerprint density at radius 1 is 1.23 bits per heavy atom. The van der Waals surface area contributed by atoms with Crippen molar-refractivity contribution >= 4 is 34.5 Å². The van der Waals surface area contributed by atoms with Gasteiger partial charge < -0.3 is 15.0 Å². The largest absolute Gasteiger partial charge is 0.467 e. The van der Waals surface area contributed by atoms with Crippen LogP contribution in [0.4, 0.5) is 0 Å². The number of esters is 1. The lowest BCUT2D eigenvalue weighted by atomic mass is 10.0. The maximum absolute atomic E-state index is 12.2. The van der Waals surface area contributed by atoms with E-state index in [-0.39, 0.29) is 11.7 Å². The summed E-state index contributed by atoms with van der Waals surface area (Å²) in [5.41, 5.74) is 1.92. The van der Waals surface area contributed by atoms with E-state index in [9.17, 15) is 9.59 Å². The quantitative estimate of drug-likeness (QED) is 0.375. The Morgan fingerprint density at radius 2 is 2.00 bits per heavy atom. The first-order valence-corrected chi connectivity index (χ1v) is 8.98. The van der Waals surface area contributed by atoms with Gasteiger partial charge in [0.25, 0.3) is 0 Å². The number of aromatic amines is 1. The number of amides is 1. The molecule has 0 saturated heterocycles. The van der Waals surface area contributed by atoms with Crippen molar-refractivity contribution in [1.82, 2.24) is 20.3 Å². The molecule has 0 unspecified atom stereocenters. The van der Waals surface area contributed by atoms with E-state index >= 15 is 0 Å². The molecule has 8 heteroatoms. The van der Waals surface area contributed by atoms with Gasteiger partial charge in [-0.2, -0.15) is 0 Å². The van der Waals surface area contributed by atoms with E-state index in [0.29, 0.717) is 11.6 Å². The first-order valence-electron chi connectivity index (χ1n) is 7.99. The Bertz CT molecular complexity index is 898. The Kier molecular flexibility index (Phi) is 5.85. The van der Waals surface area contributed by atoms with Crippen LogP contribution >= 0.6 is 11.8 Å². The highest BCUT2D eigenvalue weighted by Gasteiger charge is 2.23. The average Bonchev–Trinajstić information content (AvgIpc) is 3.09. The van der Waals surface area contributed by atoms with Crippen molar-refractivity contribution in [3.05, 3.63) is 54.5 Å². The number of nitrogens with zero attached hydrogens (tertiary/aromatic N) is 2. The average molecular weight is 370 g/mol. The van der Waals surface area contributed by atoms with Crippen molar-refractivity contribution in [2.75, 3.05) is 12.9 Å². The number of hydrogen-bond donors (Lipinski definition) is 2. The zero-order valence-electron chi connectivity index (χ0n) is 14.1. The molecule has 0 saturated carbocycles. The zero-order chi connectivity index (χ0) is 18.4. The normalized spacial score (nSPS) is 11.9. The number of ether oxygens (including phenoxy) is 1. The molecule has 1 aromatic carbocycles. The summed E-state index contributed by atoms with van der Waals surface area (Å²) < 4.78 is 4.84. The molecule has 1 atom stereocenters. The van der Waals surface area contributed by atoms with Gasteiger partial charge in [-0.25, -0.2) is 14.8 Å². The third kappa shape index (κ3) is 4.40. The minimum Gasteiger partial charge on any atom is -0.467 e. The molecule has 3 aromatic rings. The molecule has 134 valence electrons. The molecule has 1 amide bonds. The summed E-state index contributed by atoms with van der Waals surface area (Å²) in [6.07, 6.45) is 5.41. The van der Waals surface area contributed by atoms with Crippen LogP contribution in [-0.2, 0) is 20.7 Å². The first kappa shape index (κ1) is 17.9. The number of aromatic nitrogens is 3. The monoisotopic (exact) mass is 370 g/mol. The van der Waals surface area contributed by atoms with Gasteiger partial charge >= 0.3 is 5.97 Å². The fraction of sp³-hybridized carbons (Fsp3) is 0.222. The Morgan fingerprint density at radius 3 is 2.77 bits per heavy atom. The highest BCUT2D eigenvalue weighted by atomic mass is 32.2. The fourth-order valence-electron chi connectivity index (χ4n) is 2.58. The molecule has 0 aliphatic rings. The lowest BCUT2D eigenvalue weighted by molar-refractivity contribution is -0.144. The third-order valence-corrected chi connectivity index (χ3v) is 4.67. The first-order chi connectivity index (χ1) is 12.7. The van der Waals surface area contributed by atoms with Crippen LogP contribution in [0.3, 0.4) is 0 Å². The molecule has 2 N–H and O–H groups in total. The number of benzene rings is 1. The number of carbonyl (C=O) groups excluding carboxylic acids is 2. The van der Waals surface area contributed by atoms with E-state index < -0.39 is 12.0 Å². The Balaban J connectivity index is 1.66. The van der Waals surface area contributed by atoms with Crippen LogP contribution < -0.4 is 5.32 Å². The van der Waals surface area contributed by atoms with Crippen LogP contribution in [-0.4, -0.2) is 45.7 Å². The molecule has 0 radical (unpaired) electrons. The summed E-state index contributed by atoms with van der Waals surface area (Å²) in [6.45, 7) is 0. The van der Waals surface area contributed by atoms with E-state index in [1.54, 1.807) is 18.5 Å². The van der Waals surface area contributed by atoms with Crippen molar-refractivity contribution in [1.29, 1.82) is 0 Å². The number of hydrogen-bond acceptors (Lipinski definition) is 6. The van der Waals surface area contributed by atoms with Crippen molar-refractivity contribution in [2.45, 2.75) is 17.6 Å². The zero-order valence-corrected chi connectivity index (χ0v) is 15.0. The number of carbonyl (C=O) groups is 2. The second kappa shape index (κ2) is 8.48. The van der Waals surface area contributed by atoms with Crippen LogP contribution in [0.15, 0.2) is 54.1 Å². The Labute approximate surface area is 154 Å². The summed E-state index contributed by atoms with van der Waals surface area (Å²) in [4.78, 5) is 35.6. The molecule has 7 nitrogen and oxygen atoms in total. The molecule has 0 fully saturated rings. The van der Waals surface area contributed by atoms with Gasteiger partial charge in [-0.1, -0.05) is 30.0 Å². The summed E-state index contributed by atoms with van der Waals surface area (Å²) in [5.74, 6) is -0.645. The Hall–Kier alpha value is -2.87. The van der Waals surface area contributed by atoms with E-state index in [4.69, 9.17) is 4.74 Å². The van der Waals surface area contributed by atoms with Crippen LogP contribution in [0.1, 0.15) is 5.56 Å². The van der Waals surface area contributed by atoms with Gasteiger partial charge in [0.05, 0.1) is 12.9 Å². The molecule has 2 heterocycles. The SMILES string of the molecule is COC(=O)[C@@H](Cc1c[nH]c2ccccc12)NC(=O)CSc1ncccn1. The number of methoxy groups -OCH3 is 1. The lowest BCUT2D eigenvalue weighted by Crippen LogP contribution is -2.43. The van der Waals surface area contributed by atoms with Gasteiger partial charge in [-0.15, -0.1) is 0 Å². The lowest BCUT2D eigenvalue weighted by Gasteiger charge is -2.16. The van der Waals surface area contributed by atoms with Crippen LogP contribution in [0, 0.1) is 0 Å². The van der Waals surface area contributed by atoms with Crippen LogP contribution in [0.25, 0.3) is 10.9 Å². The molecule has 3 rings (SSSR count). The van der Waals surface area contributed by atoms with Crippen LogP contribution in [0.5, 0.6) is 0 Å². The number of para-hydroxylation sites is 1. The van der Waals surface area contributed by atoms with Crippen molar-refractivity contribution in [3.8, 4) is 0 Å². The van der Waals surface area contributed by atoms with Gasteiger partial charge in [-0.3, -0.25) is 4.79 Å². The predicted octanol–water partition coefficient (Wildman–Crippen LogP) is 1.95. The number of thioether (sulfide) groups is 1. The topological polar surface area (TPSA) is 97.0 Å². The third-order valence-electron chi connectivity index (χ3n) is 3.79. The molecular weight excluding hydrogens is 352 g/mol. The van der Waals surface area contributed by atoms with Gasteiger partial charge in [0.2, 0.25) is 5.91 Å². The molecule has 0 spiro atoms. The van der Waals surface area contributed by atoms with Gasteiger partial charge in [-0.05, 0) is 17.7 Å². The maximum Gasteiger partial charge on any atom is 0.328 e. The molecule has 0 bridgehead atoms. The van der Waals surface area contributed by atoms with Gasteiger partial charge in [0, 0.05) is 35.9 Å². The predicted molar refractivity (Wildman–Crippen MR) is 98.7 cm³/mol. The highest BCUT2D eigenvalue weighted by Crippen LogP contribution is 2.19. The highest BCUT2D eigenvalue weighted by molar-refractivity contribution is 7.99. The molecule has 0 aliphatic heterocycles. The molecular formula is C18H18N4O3S. The van der Waals surface area contributed by atoms with Gasteiger partial charge in [0.15, 0.2) is 5.16 Å². The van der Waals surface area contributed by atoms with Crippen molar-refractivity contribution in [2.24, 2.45) is 0 Å². The summed E-state index contributed by atoms with van der Waals surface area (Å²) >= 11 is 1.21. The number of fused-ring (bicyclic) bond motifs is 1. The second-order valence-corrected chi connectivity index (χ2v) is 6.47. The van der Waals surface area contributed by atoms with E-state index in [1.807, 2.05) is 30.5 Å². The molecule has 0 aliphatic carbocycles. The smallest absolute Gasteiger partial charge is 0.328 e. The number of H-pyrrole nitrogens is 1. The van der Waals surface area contributed by atoms with E-state index in [1.165, 1.54) is 18.9 Å². The van der Waals surface area contributed by atoms with Crippen LogP contribution in [0.2, 0.25) is 0 Å². The molecule has 26 heavy (non-hydrogen) atoms. The summed E-state index contributed by atoms with van der Waals surface area (Å²) in [5, 5.41) is 4.26. The maximum atomic E-state index is 12.2. The standard InChI is InChI=1S/C18H18N4O3S/c1-25-17(24)15(9-12-10-21-14-6-3-2-5-13(12)14)22-16(23)11-26-18-19-7-4-8-20-18/h2-8,10,15,21H,9,11H2,1H3,(H,22,23)/t15-/m1/s1. The second-order valence-electron chi connectivity index (χ2n) is 5.53. The number of nitrogens with one attached hydrogen (secondary N) is 2. The van der Waals surface area contributed by atoms with Gasteiger partial charge in [0.1, 0.15) is 6.04 Å². The van der Waals surface area contributed by atoms with E-state index in [2.05, 4.69) is 20.3 Å². The molecule has 2 aromatic heterocycles. The van der Waals surface area contributed by atoms with E-state index in [0.717, 1.165) is 16.5 Å².